The van der Waals surface area contributed by atoms with Crippen molar-refractivity contribution in [3.8, 4) is 0 Å². The third-order valence-corrected chi connectivity index (χ3v) is 62.2. The molecule has 320 valence electrons. The molecule has 0 rings (SSSR count). The van der Waals surface area contributed by atoms with Crippen molar-refractivity contribution in [2.75, 3.05) is 0 Å². The molecule has 0 aliphatic carbocycles. The molecule has 40 nitrogen and oxygen atoms in total. The van der Waals surface area contributed by atoms with Gasteiger partial charge in [-0.3, -0.25) is 0 Å². The van der Waals surface area contributed by atoms with Crippen LogP contribution in [0.2, 0.25) is 0 Å². The summed E-state index contributed by atoms with van der Waals surface area (Å²) in [6, 6.07) is 0. The maximum Gasteiger partial charge on any atom is 2.00 e. The van der Waals surface area contributed by atoms with Gasteiger partial charge in [-0.05, 0) is 0 Å². The zero-order chi connectivity index (χ0) is 43.0. The van der Waals surface area contributed by atoms with Crippen molar-refractivity contribution in [2.24, 2.45) is 0 Å². The van der Waals surface area contributed by atoms with Crippen LogP contribution in [0.4, 0.5) is 0 Å². The molecule has 0 bridgehead atoms. The average molecular weight is 1890 g/mol. The van der Waals surface area contributed by atoms with Gasteiger partial charge >= 0.3 is 354 Å². The van der Waals surface area contributed by atoms with Gasteiger partial charge in [0, 0.05) is 0 Å². The number of hydrogen-bond donors (Lipinski definition) is 0. The third-order valence-electron chi connectivity index (χ3n) is 2.05. The second-order valence-electron chi connectivity index (χ2n) is 6.18. The van der Waals surface area contributed by atoms with Crippen LogP contribution in [-0.2, 0) is 334 Å². The number of hydrogen-bond acceptors (Lipinski definition) is 40. The Labute approximate surface area is 346 Å². The van der Waals surface area contributed by atoms with Crippen LogP contribution in [0.5, 0.6) is 0 Å². The summed E-state index contributed by atoms with van der Waals surface area (Å²) in [5.41, 5.74) is 0. The molecule has 0 unspecified atom stereocenters. The van der Waals surface area contributed by atoms with Crippen molar-refractivity contribution in [3.05, 3.63) is 0 Å². The van der Waals surface area contributed by atoms with Crippen LogP contribution in [0.1, 0.15) is 0 Å². The van der Waals surface area contributed by atoms with Crippen LogP contribution in [0.25, 0.3) is 0 Å². The molecule has 0 saturated carbocycles. The molecule has 0 heterocycles. The van der Waals surface area contributed by atoms with Gasteiger partial charge < -0.3 is 0 Å². The van der Waals surface area contributed by atoms with Gasteiger partial charge in [0.15, 0.2) is 0 Å². The molecule has 54 heavy (non-hydrogen) atoms. The minimum Gasteiger partial charge on any atom is 2.00 e. The molecule has 0 fully saturated rings. The summed E-state index contributed by atoms with van der Waals surface area (Å²) in [6.45, 7) is 0. The van der Waals surface area contributed by atoms with E-state index in [1.54, 1.807) is 0 Å². The normalized spacial score (nSPS) is 15.3. The monoisotopic (exact) mass is 1910 g/mol. The molecule has 0 aliphatic heterocycles. The van der Waals surface area contributed by atoms with Gasteiger partial charge in [0.1, 0.15) is 0 Å². The molecule has 0 amide bonds. The van der Waals surface area contributed by atoms with Crippen LogP contribution in [0.3, 0.4) is 0 Å². The van der Waals surface area contributed by atoms with Crippen LogP contribution >= 0.6 is 7.82 Å². The van der Waals surface area contributed by atoms with Gasteiger partial charge in [-0.2, -0.15) is 0 Å². The van der Waals surface area contributed by atoms with E-state index in [-0.39, 0.29) is 19.5 Å². The quantitative estimate of drug-likeness (QED) is 0.0640. The zero-order valence-corrected chi connectivity index (χ0v) is 50.3. The second kappa shape index (κ2) is 20.0. The summed E-state index contributed by atoms with van der Waals surface area (Å²) in [4.78, 5) is 0. The van der Waals surface area contributed by atoms with Crippen molar-refractivity contribution in [1.29, 1.82) is 0 Å². The predicted molar refractivity (Wildman–Crippen MR) is 37.1 cm³/mol. The first-order chi connectivity index (χ1) is 22.5. The summed E-state index contributed by atoms with van der Waals surface area (Å²) in [7, 11) is -7.94. The van der Waals surface area contributed by atoms with Crippen LogP contribution in [-0.4, -0.2) is 0 Å². The topological polar surface area (TPSA) is 607 Å². The van der Waals surface area contributed by atoms with Gasteiger partial charge in [0.05, 0.1) is 0 Å². The SMILES string of the molecule is O=P([O][Mo](=[O])(=[O])[O][Mo](=[O])(=[O])[O][Mo](=[O])(=[O])[O][Mo](=[O])(=[O])[O-])([O][Mo](=[O])(=[O])[O][Mo](=[O])(=[O])[O][Mo](=[O])(=[O])[O][Mo](=[O])(=[O])[O-])[O][Mo](=[O])(=[O])[O][Mo](=[O])(=[O])[O][Mo](=[O])(=[O])[O][Mo](=[O])(=[O])[O-].[Zn+2]. The van der Waals surface area contributed by atoms with Crippen molar-refractivity contribution in [1.82, 2.24) is 0 Å². The Morgan fingerprint density at radius 1 is 0.259 bits per heavy atom. The van der Waals surface area contributed by atoms with E-state index in [4.69, 9.17) is 0 Å². The predicted octanol–water partition coefficient (Wildman–Crippen LogP) is -6.53. The minimum atomic E-state index is -8.82. The second-order valence-corrected chi connectivity index (χ2v) is 55.7. The Morgan fingerprint density at radius 3 is 0.537 bits per heavy atom. The Hall–Kier alpha value is 3.71. The van der Waals surface area contributed by atoms with Crippen molar-refractivity contribution >= 4 is 7.82 Å². The molecule has 0 atom stereocenters. The first kappa shape index (κ1) is 59.8. The summed E-state index contributed by atoms with van der Waals surface area (Å²) >= 11 is -98.5. The average Bonchev–Trinajstić information content (AvgIpc) is 2.58. The van der Waals surface area contributed by atoms with E-state index in [0.29, 0.717) is 0 Å². The molecule has 0 spiro atoms. The van der Waals surface area contributed by atoms with E-state index < -0.39 is 209 Å². The van der Waals surface area contributed by atoms with E-state index >= 15 is 0 Å². The van der Waals surface area contributed by atoms with Gasteiger partial charge in [0.2, 0.25) is 0 Å². The summed E-state index contributed by atoms with van der Waals surface area (Å²) < 4.78 is 351. The van der Waals surface area contributed by atoms with E-state index in [1.807, 2.05) is 0 Å². The Kier molecular flexibility index (Phi) is 22.2. The van der Waals surface area contributed by atoms with E-state index in [9.17, 15) is 97.4 Å². The molecule has 0 aromatic heterocycles. The third kappa shape index (κ3) is 29.1. The Bertz CT molecular complexity index is 2510. The van der Waals surface area contributed by atoms with Crippen LogP contribution in [0, 0.1) is 0 Å². The number of rotatable bonds is 24. The Balaban J connectivity index is 0. The van der Waals surface area contributed by atoms with Gasteiger partial charge in [-0.15, -0.1) is 0 Å². The van der Waals surface area contributed by atoms with Crippen molar-refractivity contribution in [3.63, 3.8) is 0 Å². The summed E-state index contributed by atoms with van der Waals surface area (Å²) in [6.07, 6.45) is 0. The molecular formula is Mo12O40PZn-. The molecule has 54 heteroatoms. The van der Waals surface area contributed by atoms with Crippen LogP contribution in [0.15, 0.2) is 0 Å². The van der Waals surface area contributed by atoms with Crippen LogP contribution < -0.4 is 11.3 Å². The first-order valence-electron chi connectivity index (χ1n) is 8.73. The zero-order valence-electron chi connectivity index (χ0n) is 22.4. The fourth-order valence-electron chi connectivity index (χ4n) is 1.40. The fourth-order valence-corrected chi connectivity index (χ4v) is 60.0. The smallest absolute Gasteiger partial charge is 2.00 e. The maximum absolute atomic E-state index is 12.7. The van der Waals surface area contributed by atoms with Gasteiger partial charge in [0.25, 0.3) is 0 Å². The largest absolute Gasteiger partial charge is 2.00 e. The first-order valence-corrected chi connectivity index (χ1v) is 49.5. The summed E-state index contributed by atoms with van der Waals surface area (Å²) in [5, 5.41) is 0. The molecule has 0 saturated heterocycles. The fraction of sp³-hybridized carbons (Fsp3) is 0. The summed E-state index contributed by atoms with van der Waals surface area (Å²) in [5.74, 6) is 0. The van der Waals surface area contributed by atoms with Gasteiger partial charge in [-0.1, -0.05) is 0 Å². The molecule has 0 aliphatic rings. The molecule has 0 aromatic rings. The standard InChI is InChI=1S/12Mo.H3O4P.36O.Zn/c;;;;;;;;;;;;1-5(2,3)4;;;;;;;;;;;;;;;;;;;;;;;;;;;;;;;;;;;;;/h;;;;;;;;;;;;(H3,1,2,3,4);;;;;;;;;;;;;;;;;;;;;;;;;;;;;;;;;;;;;/q;;;;;;;;;3*+1;;;;;;;;;;;;;;;;;;;;;;;;;;;;;;;;;;;3*-1;+2/p-3. The van der Waals surface area contributed by atoms with E-state index in [1.165, 1.54) is 0 Å². The van der Waals surface area contributed by atoms with E-state index in [0.717, 1.165) is 0 Å². The number of phosphoric acid groups is 1. The molecular weight excluding hydrogens is 1890 g/mol. The minimum absolute atomic E-state index is 0. The molecule has 0 radical (unpaired) electrons. The van der Waals surface area contributed by atoms with Crippen molar-refractivity contribution < 1.29 is 346 Å². The molecule has 0 aromatic carbocycles. The van der Waals surface area contributed by atoms with E-state index in [2.05, 4.69) is 27.9 Å². The maximum atomic E-state index is 12.7. The van der Waals surface area contributed by atoms with Gasteiger partial charge in [-0.25, -0.2) is 0 Å². The Morgan fingerprint density at radius 2 is 0.389 bits per heavy atom. The molecule has 0 N–H and O–H groups in total. The van der Waals surface area contributed by atoms with Crippen molar-refractivity contribution in [2.45, 2.75) is 0 Å².